The molecule has 0 aliphatic carbocycles. The average molecular weight is 324 g/mol. The third-order valence-corrected chi connectivity index (χ3v) is 4.76. The van der Waals surface area contributed by atoms with E-state index in [2.05, 4.69) is 15.5 Å². The number of benzene rings is 1. The van der Waals surface area contributed by atoms with E-state index in [0.717, 1.165) is 21.3 Å². The summed E-state index contributed by atoms with van der Waals surface area (Å²) in [5, 5.41) is 23.3. The Balaban J connectivity index is 2.20. The molecule has 1 heterocycles. The molecular formula is C13H16N4O2S2. The third kappa shape index (κ3) is 4.15. The van der Waals surface area contributed by atoms with Gasteiger partial charge in [0.2, 0.25) is 0 Å². The zero-order chi connectivity index (χ0) is 15.2. The van der Waals surface area contributed by atoms with E-state index < -0.39 is 0 Å². The summed E-state index contributed by atoms with van der Waals surface area (Å²) in [6.07, 6.45) is 0.911. The first-order valence-electron chi connectivity index (χ1n) is 6.55. The molecule has 1 aromatic carbocycles. The normalized spacial score (nSPS) is 10.6. The molecule has 21 heavy (non-hydrogen) atoms. The van der Waals surface area contributed by atoms with Crippen LogP contribution in [0.3, 0.4) is 0 Å². The minimum Gasteiger partial charge on any atom is -0.379 e. The van der Waals surface area contributed by atoms with Crippen LogP contribution in [-0.2, 0) is 5.75 Å². The summed E-state index contributed by atoms with van der Waals surface area (Å²) >= 11 is 3.07. The van der Waals surface area contributed by atoms with Crippen molar-refractivity contribution < 1.29 is 4.92 Å². The Morgan fingerprint density at radius 2 is 2.24 bits per heavy atom. The van der Waals surface area contributed by atoms with Gasteiger partial charge in [0.05, 0.1) is 4.92 Å². The van der Waals surface area contributed by atoms with Gasteiger partial charge < -0.3 is 5.32 Å². The molecule has 6 nitrogen and oxygen atoms in total. The van der Waals surface area contributed by atoms with Gasteiger partial charge in [-0.25, -0.2) is 0 Å². The molecule has 0 fully saturated rings. The number of nitro benzene ring substituents is 1. The molecule has 0 saturated heterocycles. The lowest BCUT2D eigenvalue weighted by molar-refractivity contribution is -0.384. The van der Waals surface area contributed by atoms with Crippen molar-refractivity contribution in [1.29, 1.82) is 0 Å². The van der Waals surface area contributed by atoms with E-state index in [1.807, 2.05) is 19.9 Å². The lowest BCUT2D eigenvalue weighted by Crippen LogP contribution is -2.06. The van der Waals surface area contributed by atoms with E-state index >= 15 is 0 Å². The van der Waals surface area contributed by atoms with Crippen LogP contribution in [-0.4, -0.2) is 21.7 Å². The molecule has 1 N–H and O–H groups in total. The largest absolute Gasteiger partial charge is 0.379 e. The first-order valence-corrected chi connectivity index (χ1v) is 8.35. The Bertz CT molecular complexity index is 630. The van der Waals surface area contributed by atoms with Crippen molar-refractivity contribution in [3.05, 3.63) is 38.9 Å². The molecule has 0 unspecified atom stereocenters. The number of aryl methyl sites for hydroxylation is 1. The van der Waals surface area contributed by atoms with Crippen molar-refractivity contribution in [1.82, 2.24) is 10.2 Å². The highest BCUT2D eigenvalue weighted by atomic mass is 32.2. The molecule has 0 radical (unpaired) electrons. The summed E-state index contributed by atoms with van der Waals surface area (Å²) < 4.78 is 0.875. The van der Waals surface area contributed by atoms with Gasteiger partial charge >= 0.3 is 0 Å². The van der Waals surface area contributed by atoms with Gasteiger partial charge in [-0.05, 0) is 18.9 Å². The molecule has 0 spiro atoms. The van der Waals surface area contributed by atoms with Gasteiger partial charge in [-0.15, -0.1) is 10.2 Å². The Morgan fingerprint density at radius 3 is 2.86 bits per heavy atom. The van der Waals surface area contributed by atoms with Crippen molar-refractivity contribution in [3.8, 4) is 0 Å². The second-order valence-electron chi connectivity index (χ2n) is 4.37. The van der Waals surface area contributed by atoms with Crippen LogP contribution in [0.2, 0.25) is 0 Å². The maximum atomic E-state index is 11.2. The standard InChI is InChI=1S/C13H16N4O2S2/c1-3-7-14-12-10(5-4-6-11(12)17(18)19)8-20-13-16-15-9(2)21-13/h4-6,14H,3,7-8H2,1-2H3. The number of nitrogens with one attached hydrogen (secondary N) is 1. The molecular weight excluding hydrogens is 308 g/mol. The molecule has 0 bridgehead atoms. The first-order chi connectivity index (χ1) is 10.1. The molecule has 0 amide bonds. The highest BCUT2D eigenvalue weighted by Gasteiger charge is 2.17. The molecule has 2 aromatic rings. The summed E-state index contributed by atoms with van der Waals surface area (Å²) in [4.78, 5) is 10.8. The molecule has 1 aromatic heterocycles. The van der Waals surface area contributed by atoms with E-state index in [-0.39, 0.29) is 10.6 Å². The average Bonchev–Trinajstić information content (AvgIpc) is 2.88. The monoisotopic (exact) mass is 324 g/mol. The van der Waals surface area contributed by atoms with Crippen LogP contribution in [0.25, 0.3) is 0 Å². The van der Waals surface area contributed by atoms with Gasteiger partial charge in [0, 0.05) is 18.4 Å². The van der Waals surface area contributed by atoms with E-state index in [1.54, 1.807) is 17.8 Å². The maximum absolute atomic E-state index is 11.2. The molecule has 0 saturated carbocycles. The second-order valence-corrected chi connectivity index (χ2v) is 6.77. The summed E-state index contributed by atoms with van der Waals surface area (Å²) in [6, 6.07) is 5.16. The number of hydrogen-bond acceptors (Lipinski definition) is 7. The van der Waals surface area contributed by atoms with Gasteiger partial charge in [-0.1, -0.05) is 42.2 Å². The van der Waals surface area contributed by atoms with Crippen molar-refractivity contribution >= 4 is 34.5 Å². The minimum atomic E-state index is -0.346. The fourth-order valence-electron chi connectivity index (χ4n) is 1.79. The molecule has 0 aliphatic rings. The Labute approximate surface area is 131 Å². The van der Waals surface area contributed by atoms with Crippen molar-refractivity contribution in [3.63, 3.8) is 0 Å². The van der Waals surface area contributed by atoms with E-state index in [0.29, 0.717) is 18.0 Å². The third-order valence-electron chi connectivity index (χ3n) is 2.74. The maximum Gasteiger partial charge on any atom is 0.292 e. The van der Waals surface area contributed by atoms with E-state index in [9.17, 15) is 10.1 Å². The zero-order valence-corrected chi connectivity index (χ0v) is 13.5. The number of thioether (sulfide) groups is 1. The highest BCUT2D eigenvalue weighted by molar-refractivity contribution is 8.00. The number of nitro groups is 1. The number of rotatable bonds is 7. The van der Waals surface area contributed by atoms with E-state index in [4.69, 9.17) is 0 Å². The number of anilines is 1. The number of nitrogens with zero attached hydrogens (tertiary/aromatic N) is 3. The van der Waals surface area contributed by atoms with Crippen LogP contribution in [0.5, 0.6) is 0 Å². The summed E-state index contributed by atoms with van der Waals surface area (Å²) in [5.41, 5.74) is 1.64. The summed E-state index contributed by atoms with van der Waals surface area (Å²) in [7, 11) is 0. The van der Waals surface area contributed by atoms with Crippen LogP contribution in [0.4, 0.5) is 11.4 Å². The van der Waals surface area contributed by atoms with Gasteiger partial charge in [0.1, 0.15) is 10.7 Å². The smallest absolute Gasteiger partial charge is 0.292 e. The van der Waals surface area contributed by atoms with Crippen LogP contribution >= 0.6 is 23.1 Å². The molecule has 2 rings (SSSR count). The molecule has 8 heteroatoms. The van der Waals surface area contributed by atoms with E-state index in [1.165, 1.54) is 17.4 Å². The predicted molar refractivity (Wildman–Crippen MR) is 86.1 cm³/mol. The van der Waals surface area contributed by atoms with Gasteiger partial charge in [0.15, 0.2) is 4.34 Å². The Hall–Kier alpha value is -1.67. The number of hydrogen-bond donors (Lipinski definition) is 1. The Kier molecular flexibility index (Phi) is 5.51. The summed E-state index contributed by atoms with van der Waals surface area (Å²) in [6.45, 7) is 4.64. The lowest BCUT2D eigenvalue weighted by atomic mass is 10.1. The van der Waals surface area contributed by atoms with Crippen molar-refractivity contribution in [2.24, 2.45) is 0 Å². The van der Waals surface area contributed by atoms with Crippen LogP contribution in [0.1, 0.15) is 23.9 Å². The van der Waals surface area contributed by atoms with Crippen molar-refractivity contribution in [2.45, 2.75) is 30.4 Å². The zero-order valence-electron chi connectivity index (χ0n) is 11.8. The highest BCUT2D eigenvalue weighted by Crippen LogP contribution is 2.33. The van der Waals surface area contributed by atoms with Crippen LogP contribution < -0.4 is 5.32 Å². The number of para-hydroxylation sites is 1. The van der Waals surface area contributed by atoms with Gasteiger partial charge in [0.25, 0.3) is 5.69 Å². The molecule has 0 aliphatic heterocycles. The van der Waals surface area contributed by atoms with Crippen molar-refractivity contribution in [2.75, 3.05) is 11.9 Å². The predicted octanol–water partition coefficient (Wildman–Crippen LogP) is 3.87. The minimum absolute atomic E-state index is 0.120. The lowest BCUT2D eigenvalue weighted by Gasteiger charge is -2.11. The first kappa shape index (κ1) is 15.7. The second kappa shape index (κ2) is 7.37. The molecule has 0 atom stereocenters. The van der Waals surface area contributed by atoms with Crippen LogP contribution in [0, 0.1) is 17.0 Å². The topological polar surface area (TPSA) is 81.0 Å². The summed E-state index contributed by atoms with van der Waals surface area (Å²) in [5.74, 6) is 0.627. The van der Waals surface area contributed by atoms with Gasteiger partial charge in [-0.3, -0.25) is 10.1 Å². The number of aromatic nitrogens is 2. The fourth-order valence-corrected chi connectivity index (χ4v) is 3.60. The van der Waals surface area contributed by atoms with Gasteiger partial charge in [-0.2, -0.15) is 0 Å². The Morgan fingerprint density at radius 1 is 1.43 bits per heavy atom. The quantitative estimate of drug-likeness (QED) is 0.473. The fraction of sp³-hybridized carbons (Fsp3) is 0.385. The SMILES string of the molecule is CCCNc1c(CSc2nnc(C)s2)cccc1[N+](=O)[O-]. The molecule has 112 valence electrons. The van der Waals surface area contributed by atoms with Crippen LogP contribution in [0.15, 0.2) is 22.5 Å².